The first kappa shape index (κ1) is 24.0. The van der Waals surface area contributed by atoms with Crippen molar-refractivity contribution in [2.24, 2.45) is 0 Å². The third-order valence-corrected chi connectivity index (χ3v) is 6.99. The van der Waals surface area contributed by atoms with E-state index in [0.29, 0.717) is 16.4 Å². The molecule has 0 spiro atoms. The van der Waals surface area contributed by atoms with Gasteiger partial charge in [-0.1, -0.05) is 33.6 Å². The van der Waals surface area contributed by atoms with Gasteiger partial charge < -0.3 is 9.30 Å². The van der Waals surface area contributed by atoms with Crippen LogP contribution in [0.3, 0.4) is 0 Å². The van der Waals surface area contributed by atoms with Crippen molar-refractivity contribution in [3.8, 4) is 5.69 Å². The van der Waals surface area contributed by atoms with Crippen LogP contribution in [-0.2, 0) is 14.3 Å². The quantitative estimate of drug-likeness (QED) is 0.274. The van der Waals surface area contributed by atoms with Gasteiger partial charge in [0.1, 0.15) is 0 Å². The van der Waals surface area contributed by atoms with Crippen LogP contribution in [0.4, 0.5) is 5.69 Å². The number of halogens is 2. The Hall–Kier alpha value is -3.09. The number of esters is 1. The molecule has 2 aromatic carbocycles. The number of aromatic nitrogens is 1. The molecule has 0 N–H and O–H groups in total. The summed E-state index contributed by atoms with van der Waals surface area (Å²) in [5, 5.41) is 0.549. The molecule has 3 aromatic rings. The van der Waals surface area contributed by atoms with Gasteiger partial charge in [0.25, 0.3) is 5.91 Å². The average molecular weight is 540 g/mol. The number of hydrogen-bond acceptors (Lipinski definition) is 3. The lowest BCUT2D eigenvalue weighted by molar-refractivity contribution is -0.136. The zero-order chi connectivity index (χ0) is 24.7. The number of amides is 1. The minimum Gasteiger partial charge on any atom is -0.465 e. The Morgan fingerprint density at radius 3 is 2.26 bits per heavy atom. The molecule has 0 unspecified atom stereocenters. The highest BCUT2D eigenvalue weighted by Gasteiger charge is 2.38. The van der Waals surface area contributed by atoms with Gasteiger partial charge >= 0.3 is 5.97 Å². The minimum absolute atomic E-state index is 0.248. The molecular weight excluding hydrogens is 516 g/mol. The van der Waals surface area contributed by atoms with Crippen molar-refractivity contribution in [1.82, 2.24) is 4.57 Å². The molecule has 2 heterocycles. The largest absolute Gasteiger partial charge is 0.465 e. The van der Waals surface area contributed by atoms with Gasteiger partial charge in [-0.05, 0) is 87.4 Å². The summed E-state index contributed by atoms with van der Waals surface area (Å²) in [5.41, 5.74) is 6.38. The maximum Gasteiger partial charge on any atom is 0.340 e. The van der Waals surface area contributed by atoms with Crippen LogP contribution in [0, 0.1) is 20.8 Å². The summed E-state index contributed by atoms with van der Waals surface area (Å²) < 4.78 is 8.15. The van der Waals surface area contributed by atoms with E-state index < -0.39 is 5.97 Å². The number of carbonyl (C=O) groups excluding carboxylic acids is 2. The molecule has 4 rings (SSSR count). The topological polar surface area (TPSA) is 51.5 Å². The third kappa shape index (κ3) is 4.12. The number of methoxy groups -OCH3 is 1. The minimum atomic E-state index is -0.556. The molecule has 1 amide bonds. The van der Waals surface area contributed by atoms with Gasteiger partial charge in [0.05, 0.1) is 23.9 Å². The van der Waals surface area contributed by atoms with Crippen LogP contribution in [0.2, 0.25) is 5.02 Å². The zero-order valence-electron chi connectivity index (χ0n) is 19.6. The lowest BCUT2D eigenvalue weighted by Crippen LogP contribution is -2.24. The van der Waals surface area contributed by atoms with Crippen molar-refractivity contribution in [1.29, 1.82) is 0 Å². The van der Waals surface area contributed by atoms with Crippen LogP contribution in [0.25, 0.3) is 11.8 Å². The lowest BCUT2D eigenvalue weighted by atomic mass is 10.0. The number of ether oxygens (including phenoxy) is 1. The van der Waals surface area contributed by atoms with E-state index in [0.717, 1.165) is 32.7 Å². The van der Waals surface area contributed by atoms with Crippen molar-refractivity contribution in [3.63, 3.8) is 0 Å². The zero-order valence-corrected chi connectivity index (χ0v) is 21.9. The van der Waals surface area contributed by atoms with Crippen LogP contribution >= 0.6 is 27.5 Å². The Bertz CT molecular complexity index is 1380. The monoisotopic (exact) mass is 538 g/mol. The summed E-state index contributed by atoms with van der Waals surface area (Å²) >= 11 is 9.80. The molecule has 0 saturated heterocycles. The van der Waals surface area contributed by atoms with Gasteiger partial charge in [0, 0.05) is 32.3 Å². The predicted octanol–water partition coefficient (Wildman–Crippen LogP) is 6.70. The van der Waals surface area contributed by atoms with E-state index >= 15 is 0 Å². The van der Waals surface area contributed by atoms with E-state index in [-0.39, 0.29) is 17.1 Å². The molecule has 1 aromatic heterocycles. The van der Waals surface area contributed by atoms with Gasteiger partial charge in [-0.2, -0.15) is 0 Å². The lowest BCUT2D eigenvalue weighted by Gasteiger charge is -2.18. The molecule has 0 aliphatic carbocycles. The van der Waals surface area contributed by atoms with Crippen molar-refractivity contribution >= 4 is 51.2 Å². The van der Waals surface area contributed by atoms with E-state index in [1.807, 2.05) is 63.2 Å². The fourth-order valence-electron chi connectivity index (χ4n) is 4.29. The second-order valence-corrected chi connectivity index (χ2v) is 9.55. The van der Waals surface area contributed by atoms with Crippen LogP contribution in [0.5, 0.6) is 0 Å². The first-order valence-electron chi connectivity index (χ1n) is 10.7. The third-order valence-electron chi connectivity index (χ3n) is 6.06. The molecule has 0 radical (unpaired) electrons. The number of rotatable bonds is 4. The molecular formula is C27H24BrClN2O3. The normalized spacial score (nSPS) is 15.0. The smallest absolute Gasteiger partial charge is 0.340 e. The highest BCUT2D eigenvalue weighted by molar-refractivity contribution is 9.10. The number of hydrogen-bond donors (Lipinski definition) is 0. The van der Waals surface area contributed by atoms with Crippen molar-refractivity contribution in [3.05, 3.63) is 97.4 Å². The molecule has 5 nitrogen and oxygen atoms in total. The molecule has 0 atom stereocenters. The van der Waals surface area contributed by atoms with E-state index in [4.69, 9.17) is 16.3 Å². The summed E-state index contributed by atoms with van der Waals surface area (Å²) in [6.07, 6.45) is 1.77. The fraction of sp³-hybridized carbons (Fsp3) is 0.185. The first-order chi connectivity index (χ1) is 16.1. The Balaban J connectivity index is 1.85. The Kier molecular flexibility index (Phi) is 6.56. The number of carbonyl (C=O) groups is 2. The summed E-state index contributed by atoms with van der Waals surface area (Å²) in [4.78, 5) is 27.9. The average Bonchev–Trinajstić information content (AvgIpc) is 3.22. The SMILES string of the molecule is COC(=O)C1=C(C)N(c2ccc(C)c(Cl)c2)C(=O)/C1=C\c1cc(C)n(-c2ccc(Br)cc2)c1C. The molecule has 1 aliphatic heterocycles. The van der Waals surface area contributed by atoms with Gasteiger partial charge in [0.15, 0.2) is 0 Å². The van der Waals surface area contributed by atoms with Crippen molar-refractivity contribution in [2.75, 3.05) is 12.0 Å². The van der Waals surface area contributed by atoms with Crippen LogP contribution in [-0.4, -0.2) is 23.6 Å². The highest BCUT2D eigenvalue weighted by Crippen LogP contribution is 2.37. The maximum absolute atomic E-state index is 13.6. The Labute approximate surface area is 212 Å². The standard InChI is InChI=1S/C27H24BrClN2O3/c1-15-6-9-22(14-24(15)29)31-18(4)25(27(33)34-5)23(26(31)32)13-19-12-16(2)30(17(19)3)21-10-7-20(28)8-11-21/h6-14H,1-5H3/b23-13-. The molecule has 1 aliphatic rings. The number of benzene rings is 2. The molecule has 0 saturated carbocycles. The molecule has 0 fully saturated rings. The molecule has 0 bridgehead atoms. The van der Waals surface area contributed by atoms with E-state index in [1.165, 1.54) is 12.0 Å². The summed E-state index contributed by atoms with van der Waals surface area (Å²) in [7, 11) is 1.32. The number of aryl methyl sites for hydroxylation is 2. The van der Waals surface area contributed by atoms with E-state index in [9.17, 15) is 9.59 Å². The predicted molar refractivity (Wildman–Crippen MR) is 139 cm³/mol. The van der Waals surface area contributed by atoms with Crippen LogP contribution in [0.15, 0.2) is 69.8 Å². The summed E-state index contributed by atoms with van der Waals surface area (Å²) in [5.74, 6) is -0.856. The fourth-order valence-corrected chi connectivity index (χ4v) is 4.73. The maximum atomic E-state index is 13.6. The summed E-state index contributed by atoms with van der Waals surface area (Å²) in [6, 6.07) is 15.4. The second-order valence-electron chi connectivity index (χ2n) is 8.22. The van der Waals surface area contributed by atoms with Gasteiger partial charge in [-0.3, -0.25) is 9.69 Å². The van der Waals surface area contributed by atoms with Gasteiger partial charge in [0.2, 0.25) is 0 Å². The second kappa shape index (κ2) is 9.28. The van der Waals surface area contributed by atoms with Gasteiger partial charge in [-0.25, -0.2) is 4.79 Å². The first-order valence-corrected chi connectivity index (χ1v) is 11.9. The van der Waals surface area contributed by atoms with Gasteiger partial charge in [-0.15, -0.1) is 0 Å². The molecule has 174 valence electrons. The molecule has 34 heavy (non-hydrogen) atoms. The number of anilines is 1. The molecule has 7 heteroatoms. The number of allylic oxidation sites excluding steroid dienone is 1. The summed E-state index contributed by atoms with van der Waals surface area (Å²) in [6.45, 7) is 7.64. The van der Waals surface area contributed by atoms with Crippen LogP contribution in [0.1, 0.15) is 29.4 Å². The van der Waals surface area contributed by atoms with Crippen LogP contribution < -0.4 is 4.90 Å². The Morgan fingerprint density at radius 1 is 1.00 bits per heavy atom. The highest BCUT2D eigenvalue weighted by atomic mass is 79.9. The Morgan fingerprint density at radius 2 is 1.65 bits per heavy atom. The van der Waals surface area contributed by atoms with E-state index in [2.05, 4.69) is 20.5 Å². The number of nitrogens with zero attached hydrogens (tertiary/aromatic N) is 2. The van der Waals surface area contributed by atoms with Crippen molar-refractivity contribution in [2.45, 2.75) is 27.7 Å². The van der Waals surface area contributed by atoms with Crippen molar-refractivity contribution < 1.29 is 14.3 Å². The van der Waals surface area contributed by atoms with E-state index in [1.54, 1.807) is 19.1 Å².